The van der Waals surface area contributed by atoms with E-state index in [0.29, 0.717) is 33.6 Å². The van der Waals surface area contributed by atoms with Gasteiger partial charge in [-0.05, 0) is 79.1 Å². The second-order valence-electron chi connectivity index (χ2n) is 8.91. The number of aromatic hydroxyl groups is 1. The van der Waals surface area contributed by atoms with Crippen molar-refractivity contribution in [2.75, 3.05) is 10.3 Å². The van der Waals surface area contributed by atoms with E-state index in [1.807, 2.05) is 32.0 Å². The number of para-hydroxylation sites is 1. The van der Waals surface area contributed by atoms with E-state index in [4.69, 9.17) is 0 Å². The summed E-state index contributed by atoms with van der Waals surface area (Å²) in [6, 6.07) is 24.0. The lowest BCUT2D eigenvalue weighted by molar-refractivity contribution is -0.111. The minimum Gasteiger partial charge on any atom is -0.505 e. The maximum absolute atomic E-state index is 13.6. The minimum absolute atomic E-state index is 0.0907. The number of carboxylic acid groups (broad SMARTS) is 1. The molecule has 4 aromatic carbocycles. The van der Waals surface area contributed by atoms with Crippen LogP contribution in [0.15, 0.2) is 84.0 Å². The number of fused-ring (bicyclic) bond motifs is 1. The molecule has 0 saturated carbocycles. The van der Waals surface area contributed by atoms with Crippen molar-refractivity contribution in [2.45, 2.75) is 13.8 Å². The fourth-order valence-corrected chi connectivity index (χ4v) is 4.35. The number of phenolic OH excluding ortho intramolecular Hbond substituents is 1. The summed E-state index contributed by atoms with van der Waals surface area (Å²) in [6.45, 7) is 3.96. The Morgan fingerprint density at radius 1 is 0.947 bits per heavy atom. The predicted octanol–water partition coefficient (Wildman–Crippen LogP) is 5.74. The third-order valence-electron chi connectivity index (χ3n) is 6.52. The van der Waals surface area contributed by atoms with Crippen LogP contribution >= 0.6 is 0 Å². The Kier molecular flexibility index (Phi) is 6.11. The number of nitriles is 1. The van der Waals surface area contributed by atoms with E-state index < -0.39 is 5.97 Å². The second-order valence-corrected chi connectivity index (χ2v) is 8.91. The highest BCUT2D eigenvalue weighted by Crippen LogP contribution is 2.39. The summed E-state index contributed by atoms with van der Waals surface area (Å²) in [5, 5.41) is 34.1. The Hall–Kier alpha value is -5.42. The van der Waals surface area contributed by atoms with Gasteiger partial charge in [-0.2, -0.15) is 10.4 Å². The summed E-state index contributed by atoms with van der Waals surface area (Å²) < 4.78 is 0. The van der Waals surface area contributed by atoms with Crippen molar-refractivity contribution >= 4 is 34.7 Å². The van der Waals surface area contributed by atoms with E-state index in [1.165, 1.54) is 12.1 Å². The van der Waals surface area contributed by atoms with E-state index in [9.17, 15) is 25.1 Å². The lowest BCUT2D eigenvalue weighted by Crippen LogP contribution is -2.26. The van der Waals surface area contributed by atoms with Gasteiger partial charge in [0.05, 0.1) is 28.6 Å². The number of aryl methyl sites for hydroxylation is 2. The number of hydrogen-bond acceptors (Lipinski definition) is 6. The molecule has 0 fully saturated rings. The van der Waals surface area contributed by atoms with Crippen LogP contribution in [0, 0.1) is 25.2 Å². The molecule has 0 atom stereocenters. The van der Waals surface area contributed by atoms with Crippen molar-refractivity contribution in [1.82, 2.24) is 0 Å². The van der Waals surface area contributed by atoms with Gasteiger partial charge in [0, 0.05) is 16.8 Å². The second kappa shape index (κ2) is 9.56. The number of phenols is 1. The largest absolute Gasteiger partial charge is 0.505 e. The molecule has 0 spiro atoms. The number of carbonyl (C=O) groups excluding carboxylic acids is 1. The first-order chi connectivity index (χ1) is 18.3. The Bertz CT molecular complexity index is 1700. The highest BCUT2D eigenvalue weighted by Gasteiger charge is 2.36. The number of nitrogens with zero attached hydrogens (tertiary/aromatic N) is 3. The number of rotatable bonds is 5. The zero-order chi connectivity index (χ0) is 27.0. The summed E-state index contributed by atoms with van der Waals surface area (Å²) in [6.07, 6.45) is 0. The molecule has 1 aliphatic heterocycles. The molecule has 1 heterocycles. The SMILES string of the molecule is Cc1ccc(N2C(=O)/C(=N\Nc3cccc(-c4cccc(C(=O)O)c4)c3O)c3cc(C#N)ccc32)cc1C. The van der Waals surface area contributed by atoms with Crippen LogP contribution in [0.2, 0.25) is 0 Å². The van der Waals surface area contributed by atoms with Crippen LogP contribution < -0.4 is 10.3 Å². The van der Waals surface area contributed by atoms with E-state index in [0.717, 1.165) is 11.1 Å². The Balaban J connectivity index is 1.55. The fraction of sp³-hybridized carbons (Fsp3) is 0.0667. The van der Waals surface area contributed by atoms with Crippen molar-refractivity contribution in [2.24, 2.45) is 5.10 Å². The van der Waals surface area contributed by atoms with Crippen LogP contribution in [0.1, 0.15) is 32.6 Å². The smallest absolute Gasteiger partial charge is 0.335 e. The Labute approximate surface area is 218 Å². The molecule has 8 heteroatoms. The van der Waals surface area contributed by atoms with Gasteiger partial charge in [0.2, 0.25) is 0 Å². The van der Waals surface area contributed by atoms with E-state index in [-0.39, 0.29) is 28.6 Å². The third kappa shape index (κ3) is 4.22. The molecule has 5 rings (SSSR count). The first-order valence-corrected chi connectivity index (χ1v) is 11.7. The maximum atomic E-state index is 13.6. The summed E-state index contributed by atoms with van der Waals surface area (Å²) in [5.74, 6) is -1.60. The number of hydrazone groups is 1. The molecule has 0 unspecified atom stereocenters. The Morgan fingerprint density at radius 3 is 2.47 bits per heavy atom. The van der Waals surface area contributed by atoms with Crippen LogP contribution in [0.3, 0.4) is 0 Å². The molecule has 38 heavy (non-hydrogen) atoms. The topological polar surface area (TPSA) is 126 Å². The molecule has 0 radical (unpaired) electrons. The monoisotopic (exact) mass is 502 g/mol. The minimum atomic E-state index is -1.07. The highest BCUT2D eigenvalue weighted by molar-refractivity contribution is 6.55. The van der Waals surface area contributed by atoms with Crippen LogP contribution in [0.25, 0.3) is 11.1 Å². The van der Waals surface area contributed by atoms with Crippen LogP contribution in [-0.4, -0.2) is 27.8 Å². The Morgan fingerprint density at radius 2 is 1.74 bits per heavy atom. The number of carbonyl (C=O) groups is 2. The summed E-state index contributed by atoms with van der Waals surface area (Å²) >= 11 is 0. The fourth-order valence-electron chi connectivity index (χ4n) is 4.35. The van der Waals surface area contributed by atoms with Crippen molar-refractivity contribution in [1.29, 1.82) is 5.26 Å². The molecule has 0 bridgehead atoms. The van der Waals surface area contributed by atoms with Gasteiger partial charge in [0.15, 0.2) is 5.71 Å². The van der Waals surface area contributed by atoms with Gasteiger partial charge in [-0.3, -0.25) is 15.1 Å². The van der Waals surface area contributed by atoms with E-state index in [1.54, 1.807) is 53.4 Å². The molecular weight excluding hydrogens is 480 g/mol. The zero-order valence-corrected chi connectivity index (χ0v) is 20.6. The van der Waals surface area contributed by atoms with E-state index in [2.05, 4.69) is 16.6 Å². The number of benzene rings is 4. The van der Waals surface area contributed by atoms with Gasteiger partial charge < -0.3 is 10.2 Å². The number of hydrogen-bond donors (Lipinski definition) is 3. The number of amides is 1. The molecule has 0 saturated heterocycles. The average Bonchev–Trinajstić information content (AvgIpc) is 3.19. The number of aromatic carboxylic acids is 1. The number of carboxylic acids is 1. The molecule has 1 amide bonds. The third-order valence-corrected chi connectivity index (χ3v) is 6.52. The zero-order valence-electron chi connectivity index (χ0n) is 20.6. The molecule has 8 nitrogen and oxygen atoms in total. The molecule has 186 valence electrons. The summed E-state index contributed by atoms with van der Waals surface area (Å²) in [5.41, 5.74) is 8.40. The predicted molar refractivity (Wildman–Crippen MR) is 145 cm³/mol. The standard InChI is InChI=1S/C30H22N4O4/c1-17-9-11-22(13-18(17)2)34-26-12-10-19(16-31)14-24(26)27(29(34)36)33-32-25-8-4-7-23(28(25)35)20-5-3-6-21(15-20)30(37)38/h3-15,32,35H,1-2H3,(H,37,38)/b33-27-. The molecule has 1 aliphatic rings. The average molecular weight is 503 g/mol. The lowest BCUT2D eigenvalue weighted by atomic mass is 10.0. The van der Waals surface area contributed by atoms with Crippen LogP contribution in [0.5, 0.6) is 5.75 Å². The van der Waals surface area contributed by atoms with Gasteiger partial charge in [-0.25, -0.2) is 4.79 Å². The quantitative estimate of drug-likeness (QED) is 0.236. The van der Waals surface area contributed by atoms with Crippen molar-refractivity contribution < 1.29 is 19.8 Å². The molecule has 4 aromatic rings. The van der Waals surface area contributed by atoms with Gasteiger partial charge >= 0.3 is 5.97 Å². The molecule has 0 aliphatic carbocycles. The van der Waals surface area contributed by atoms with Gasteiger partial charge in [0.25, 0.3) is 5.91 Å². The summed E-state index contributed by atoms with van der Waals surface area (Å²) in [4.78, 5) is 26.5. The van der Waals surface area contributed by atoms with Crippen molar-refractivity contribution in [3.05, 3.63) is 107 Å². The van der Waals surface area contributed by atoms with Crippen LogP contribution in [-0.2, 0) is 4.79 Å². The summed E-state index contributed by atoms with van der Waals surface area (Å²) in [7, 11) is 0. The van der Waals surface area contributed by atoms with Gasteiger partial charge in [-0.1, -0.05) is 30.3 Å². The number of nitrogens with one attached hydrogen (secondary N) is 1. The normalized spacial score (nSPS) is 13.3. The first kappa shape index (κ1) is 24.3. The highest BCUT2D eigenvalue weighted by atomic mass is 16.4. The first-order valence-electron chi connectivity index (χ1n) is 11.7. The molecule has 3 N–H and O–H groups in total. The van der Waals surface area contributed by atoms with E-state index >= 15 is 0 Å². The maximum Gasteiger partial charge on any atom is 0.335 e. The molecular formula is C30H22N4O4. The van der Waals surface area contributed by atoms with Gasteiger partial charge in [0.1, 0.15) is 5.75 Å². The molecule has 0 aromatic heterocycles. The van der Waals surface area contributed by atoms with Gasteiger partial charge in [-0.15, -0.1) is 0 Å². The lowest BCUT2D eigenvalue weighted by Gasteiger charge is -2.18. The van der Waals surface area contributed by atoms with Crippen LogP contribution in [0.4, 0.5) is 17.1 Å². The van der Waals surface area contributed by atoms with Crippen molar-refractivity contribution in [3.8, 4) is 22.9 Å². The van der Waals surface area contributed by atoms with Crippen molar-refractivity contribution in [3.63, 3.8) is 0 Å². The number of anilines is 3.